The molecule has 8 heteroatoms. The van der Waals surface area contributed by atoms with Crippen LogP contribution in [-0.2, 0) is 16.8 Å². The Balaban J connectivity index is 0.00000196. The molecule has 0 N–H and O–H groups in total. The van der Waals surface area contributed by atoms with Crippen LogP contribution in [0.3, 0.4) is 0 Å². The van der Waals surface area contributed by atoms with E-state index in [1.807, 2.05) is 0 Å². The molecule has 0 aliphatic carbocycles. The van der Waals surface area contributed by atoms with Crippen LogP contribution in [0.4, 0.5) is 0 Å². The van der Waals surface area contributed by atoms with Crippen LogP contribution in [0, 0.1) is 4.91 Å². The number of hydrogen-bond donors (Lipinski definition) is 0. The molecule has 0 aliphatic heterocycles. The Hall–Kier alpha value is 0.166. The van der Waals surface area contributed by atoms with Gasteiger partial charge in [0.15, 0.2) is 0 Å². The molecule has 0 amide bonds. The Bertz CT molecular complexity index is 408. The SMILES string of the molecule is O=NN(Cc1ccccc1)S(=O)(=O)[O-].[K+]. The van der Waals surface area contributed by atoms with E-state index in [-0.39, 0.29) is 62.3 Å². The quantitative estimate of drug-likeness (QED) is 0.260. The second-order valence-corrected chi connectivity index (χ2v) is 3.78. The Morgan fingerprint density at radius 1 is 1.27 bits per heavy atom. The fraction of sp³-hybridized carbons (Fsp3) is 0.143. The zero-order valence-electron chi connectivity index (χ0n) is 8.03. The van der Waals surface area contributed by atoms with Gasteiger partial charge in [0.1, 0.15) is 0 Å². The zero-order chi connectivity index (χ0) is 10.6. The molecular weight excluding hydrogens is 247 g/mol. The van der Waals surface area contributed by atoms with E-state index in [9.17, 15) is 17.9 Å². The summed E-state index contributed by atoms with van der Waals surface area (Å²) >= 11 is 0. The molecule has 0 radical (unpaired) electrons. The predicted octanol–water partition coefficient (Wildman–Crippen LogP) is -2.37. The van der Waals surface area contributed by atoms with Crippen LogP contribution < -0.4 is 51.4 Å². The van der Waals surface area contributed by atoms with Crippen LogP contribution in [0.15, 0.2) is 35.6 Å². The van der Waals surface area contributed by atoms with Gasteiger partial charge in [0, 0.05) is 0 Å². The average molecular weight is 254 g/mol. The Morgan fingerprint density at radius 3 is 2.20 bits per heavy atom. The Labute approximate surface area is 130 Å². The van der Waals surface area contributed by atoms with Crippen molar-refractivity contribution >= 4 is 10.3 Å². The third kappa shape index (κ3) is 5.16. The molecule has 0 spiro atoms. The molecule has 0 saturated heterocycles. The molecule has 76 valence electrons. The van der Waals surface area contributed by atoms with E-state index in [1.54, 1.807) is 30.3 Å². The first-order valence-electron chi connectivity index (χ1n) is 3.65. The van der Waals surface area contributed by atoms with E-state index in [1.165, 1.54) is 0 Å². The number of nitroso groups, excluding NO2 is 1. The summed E-state index contributed by atoms with van der Waals surface area (Å²) in [4.78, 5) is 10.1. The van der Waals surface area contributed by atoms with Gasteiger partial charge in [-0.25, -0.2) is 8.42 Å². The van der Waals surface area contributed by atoms with Crippen molar-refractivity contribution in [1.29, 1.82) is 0 Å². The molecule has 0 fully saturated rings. The van der Waals surface area contributed by atoms with Gasteiger partial charge in [0.05, 0.1) is 11.8 Å². The minimum Gasteiger partial charge on any atom is -0.730 e. The largest absolute Gasteiger partial charge is 1.00 e. The van der Waals surface area contributed by atoms with Gasteiger partial charge in [-0.15, -0.1) is 4.91 Å². The van der Waals surface area contributed by atoms with E-state index in [2.05, 4.69) is 5.29 Å². The van der Waals surface area contributed by atoms with Crippen molar-refractivity contribution in [1.82, 2.24) is 4.41 Å². The number of nitrogens with zero attached hydrogens (tertiary/aromatic N) is 2. The third-order valence-corrected chi connectivity index (χ3v) is 2.22. The van der Waals surface area contributed by atoms with Gasteiger partial charge in [-0.3, -0.25) is 0 Å². The van der Waals surface area contributed by atoms with Gasteiger partial charge in [-0.05, 0) is 5.56 Å². The van der Waals surface area contributed by atoms with Crippen LogP contribution >= 0.6 is 0 Å². The second-order valence-electron chi connectivity index (χ2n) is 2.51. The van der Waals surface area contributed by atoms with Crippen LogP contribution in [0.2, 0.25) is 0 Å². The fourth-order valence-electron chi connectivity index (χ4n) is 0.888. The molecule has 0 aromatic heterocycles. The Morgan fingerprint density at radius 2 is 1.80 bits per heavy atom. The molecule has 0 unspecified atom stereocenters. The van der Waals surface area contributed by atoms with Gasteiger partial charge >= 0.3 is 51.4 Å². The summed E-state index contributed by atoms with van der Waals surface area (Å²) in [7, 11) is -4.81. The summed E-state index contributed by atoms with van der Waals surface area (Å²) in [6.45, 7) is -0.337. The third-order valence-electron chi connectivity index (χ3n) is 1.51. The summed E-state index contributed by atoms with van der Waals surface area (Å²) in [6.07, 6.45) is 0. The molecule has 1 aromatic carbocycles. The maximum absolute atomic E-state index is 10.4. The number of benzene rings is 1. The standard InChI is InChI=1S/C7H8N2O4S.K/c10-8-9(14(11,12)13)6-7-4-2-1-3-5-7;/h1-5H,6H2,(H,11,12,13);/q;+1/p-1. The van der Waals surface area contributed by atoms with Gasteiger partial charge in [-0.2, -0.15) is 4.41 Å². The fourth-order valence-corrected chi connectivity index (χ4v) is 1.28. The van der Waals surface area contributed by atoms with E-state index in [0.29, 0.717) is 5.56 Å². The normalized spacial score (nSPS) is 10.2. The van der Waals surface area contributed by atoms with E-state index < -0.39 is 10.3 Å². The molecule has 1 aromatic rings. The Kier molecular flexibility index (Phi) is 6.76. The first-order valence-corrected chi connectivity index (χ1v) is 5.01. The van der Waals surface area contributed by atoms with Crippen molar-refractivity contribution in [3.8, 4) is 0 Å². The minimum absolute atomic E-state index is 0. The van der Waals surface area contributed by atoms with Crippen LogP contribution in [0.1, 0.15) is 5.56 Å². The zero-order valence-corrected chi connectivity index (χ0v) is 12.0. The average Bonchev–Trinajstić information content (AvgIpc) is 2.14. The van der Waals surface area contributed by atoms with Crippen molar-refractivity contribution in [2.75, 3.05) is 0 Å². The molecule has 0 aliphatic rings. The van der Waals surface area contributed by atoms with E-state index in [0.717, 1.165) is 0 Å². The molecule has 15 heavy (non-hydrogen) atoms. The van der Waals surface area contributed by atoms with Crippen molar-refractivity contribution in [3.05, 3.63) is 40.8 Å². The van der Waals surface area contributed by atoms with Crippen LogP contribution in [0.5, 0.6) is 0 Å². The van der Waals surface area contributed by atoms with Gasteiger partial charge < -0.3 is 4.55 Å². The monoisotopic (exact) mass is 254 g/mol. The molecule has 0 atom stereocenters. The summed E-state index contributed by atoms with van der Waals surface area (Å²) in [6, 6.07) is 8.23. The second kappa shape index (κ2) is 6.69. The summed E-state index contributed by atoms with van der Waals surface area (Å²) < 4.78 is 31.3. The smallest absolute Gasteiger partial charge is 0.730 e. The van der Waals surface area contributed by atoms with E-state index >= 15 is 0 Å². The van der Waals surface area contributed by atoms with Crippen LogP contribution in [-0.4, -0.2) is 17.4 Å². The molecule has 1 rings (SSSR count). The first kappa shape index (κ1) is 15.2. The summed E-state index contributed by atoms with van der Waals surface area (Å²) in [5, 5.41) is 2.14. The first-order chi connectivity index (χ1) is 6.54. The van der Waals surface area contributed by atoms with E-state index in [4.69, 9.17) is 0 Å². The summed E-state index contributed by atoms with van der Waals surface area (Å²) in [5.74, 6) is 0. The topological polar surface area (TPSA) is 89.9 Å². The van der Waals surface area contributed by atoms with Crippen LogP contribution in [0.25, 0.3) is 0 Å². The number of rotatable bonds is 4. The molecule has 0 bridgehead atoms. The molecule has 0 heterocycles. The molecular formula is C7H7KN2O4S. The predicted molar refractivity (Wildman–Crippen MR) is 47.5 cm³/mol. The van der Waals surface area contributed by atoms with Gasteiger partial charge in [0.25, 0.3) is 0 Å². The van der Waals surface area contributed by atoms with Crippen molar-refractivity contribution < 1.29 is 64.4 Å². The molecule has 0 saturated carbocycles. The van der Waals surface area contributed by atoms with Gasteiger partial charge in [-0.1, -0.05) is 30.3 Å². The maximum atomic E-state index is 10.4. The van der Waals surface area contributed by atoms with Crippen molar-refractivity contribution in [2.24, 2.45) is 5.29 Å². The summed E-state index contributed by atoms with van der Waals surface area (Å²) in [5.41, 5.74) is 0.520. The van der Waals surface area contributed by atoms with Crippen molar-refractivity contribution in [3.63, 3.8) is 0 Å². The number of hydrogen-bond acceptors (Lipinski definition) is 5. The van der Waals surface area contributed by atoms with Gasteiger partial charge in [0.2, 0.25) is 10.3 Å². The minimum atomic E-state index is -4.81. The molecule has 6 nitrogen and oxygen atoms in total. The maximum Gasteiger partial charge on any atom is 1.00 e. The van der Waals surface area contributed by atoms with Crippen molar-refractivity contribution in [2.45, 2.75) is 6.54 Å².